The van der Waals surface area contributed by atoms with Crippen LogP contribution in [-0.2, 0) is 15.0 Å². The molecule has 6 heteroatoms. The molecule has 0 amide bonds. The fourth-order valence-corrected chi connectivity index (χ4v) is 9.78. The first-order valence-electron chi connectivity index (χ1n) is 14.0. The van der Waals surface area contributed by atoms with Crippen molar-refractivity contribution in [2.24, 2.45) is 0 Å². The fraction of sp³-hybridized carbons (Fsp3) is 0.0263. The van der Waals surface area contributed by atoms with E-state index in [-0.39, 0.29) is 0 Å². The van der Waals surface area contributed by atoms with Gasteiger partial charge in [0, 0.05) is 0 Å². The largest absolute Gasteiger partial charge is 0.102 e. The minimum absolute atomic E-state index is 0.877. The number of halogens is 3. The Morgan fingerprint density at radius 1 is 0.341 bits per heavy atom. The number of benzene rings is 6. The van der Waals surface area contributed by atoms with Gasteiger partial charge >= 0.3 is 58.6 Å². The normalized spacial score (nSPS) is 10.7. The second kappa shape index (κ2) is 18.4. The van der Waals surface area contributed by atoms with E-state index in [1.165, 1.54) is 31.8 Å². The molecule has 0 saturated heterocycles. The summed E-state index contributed by atoms with van der Waals surface area (Å²) >= 11 is 19.3. The van der Waals surface area contributed by atoms with Gasteiger partial charge in [0.25, 0.3) is 0 Å². The van der Waals surface area contributed by atoms with Crippen LogP contribution in [0.25, 0.3) is 0 Å². The Kier molecular flexibility index (Phi) is 14.3. The zero-order chi connectivity index (χ0) is 31.0. The molecule has 0 N–H and O–H groups in total. The predicted molar refractivity (Wildman–Crippen MR) is 199 cm³/mol. The Balaban J connectivity index is 0.000000170. The number of hydrogen-bond donors (Lipinski definition) is 0. The fourth-order valence-electron chi connectivity index (χ4n) is 4.63. The van der Waals surface area contributed by atoms with Gasteiger partial charge in [-0.3, -0.25) is 0 Å². The summed E-state index contributed by atoms with van der Waals surface area (Å²) in [5.74, 6) is 0. The first-order valence-corrected chi connectivity index (χ1v) is 18.7. The topological polar surface area (TPSA) is 0 Å². The maximum absolute atomic E-state index is 5.10. The van der Waals surface area contributed by atoms with E-state index in [4.69, 9.17) is 34.8 Å². The summed E-state index contributed by atoms with van der Waals surface area (Å²) in [5, 5.41) is 8.61. The van der Waals surface area contributed by atoms with Crippen molar-refractivity contribution >= 4 is 87.5 Å². The number of hydrogen-bond acceptors (Lipinski definition) is 0. The molecule has 0 aliphatic carbocycles. The van der Waals surface area contributed by atoms with Crippen LogP contribution in [0, 0.1) is 0 Å². The monoisotopic (exact) mass is 714 g/mol. The quantitative estimate of drug-likeness (QED) is 0.0930. The molecule has 0 radical (unpaired) electrons. The molecule has 6 rings (SSSR count). The molecule has 44 heavy (non-hydrogen) atoms. The SMILES string of the molecule is ClC(Cl)(Cl)[CH]=[Ni].c1ccc([PH+](c2ccccc2)c2ccccc2)cc1.c1ccc([PH+](c2ccccc2)c2ccccc2)cc1. The maximum Gasteiger partial charge on any atom is 0.102 e. The summed E-state index contributed by atoms with van der Waals surface area (Å²) in [4.78, 5) is 1.11. The second-order valence-corrected chi connectivity index (χ2v) is 17.2. The van der Waals surface area contributed by atoms with Gasteiger partial charge < -0.3 is 0 Å². The summed E-state index contributed by atoms with van der Waals surface area (Å²) < 4.78 is -1.33. The van der Waals surface area contributed by atoms with Gasteiger partial charge in [0.05, 0.1) is 15.8 Å². The van der Waals surface area contributed by atoms with E-state index >= 15 is 0 Å². The molecule has 0 fully saturated rings. The minimum atomic E-state index is -1.33. The van der Waals surface area contributed by atoms with Crippen LogP contribution in [0.4, 0.5) is 0 Å². The van der Waals surface area contributed by atoms with Gasteiger partial charge in [-0.15, -0.1) is 0 Å². The summed E-state index contributed by atoms with van der Waals surface area (Å²) in [6.45, 7) is 0. The molecule has 0 aliphatic heterocycles. The van der Waals surface area contributed by atoms with Gasteiger partial charge in [0.2, 0.25) is 0 Å². The third kappa shape index (κ3) is 11.1. The Bertz CT molecular complexity index is 1330. The van der Waals surface area contributed by atoms with E-state index in [2.05, 4.69) is 197 Å². The Morgan fingerprint density at radius 3 is 0.591 bits per heavy atom. The van der Waals surface area contributed by atoms with Crippen LogP contribution in [0.3, 0.4) is 0 Å². The standard InChI is InChI=1S/2C18H15P.C2HCl3.Ni/c2*1-4-10-16(11-5-1)19(17-12-6-2-7-13-17)18-14-8-3-9-15-18;1-2(3,4)5;/h2*1-15H;1H;/p+2. The van der Waals surface area contributed by atoms with Crippen molar-refractivity contribution in [1.29, 1.82) is 0 Å². The van der Waals surface area contributed by atoms with Crippen molar-refractivity contribution in [2.45, 2.75) is 3.79 Å². The molecule has 0 spiro atoms. The molecule has 6 aromatic carbocycles. The first-order chi connectivity index (χ1) is 21.5. The van der Waals surface area contributed by atoms with Crippen LogP contribution in [0.1, 0.15) is 0 Å². The van der Waals surface area contributed by atoms with E-state index in [0.717, 1.165) is 4.99 Å². The average Bonchev–Trinajstić information content (AvgIpc) is 3.08. The minimum Gasteiger partial charge on any atom is -0.0620 e. The van der Waals surface area contributed by atoms with Crippen molar-refractivity contribution in [3.05, 3.63) is 182 Å². The number of alkyl halides is 3. The first kappa shape index (κ1) is 34.3. The molecule has 0 heterocycles. The average molecular weight is 717 g/mol. The van der Waals surface area contributed by atoms with E-state index in [1.54, 1.807) is 0 Å². The third-order valence-electron chi connectivity index (χ3n) is 6.48. The van der Waals surface area contributed by atoms with E-state index < -0.39 is 19.6 Å². The van der Waals surface area contributed by atoms with Crippen LogP contribution < -0.4 is 31.8 Å². The predicted octanol–water partition coefficient (Wildman–Crippen LogP) is 8.06. The Morgan fingerprint density at radius 2 is 0.477 bits per heavy atom. The van der Waals surface area contributed by atoms with Crippen molar-refractivity contribution in [3.63, 3.8) is 0 Å². The molecule has 224 valence electrons. The molecule has 0 unspecified atom stereocenters. The molecule has 0 aliphatic rings. The summed E-state index contributed by atoms with van der Waals surface area (Å²) in [6, 6.07) is 65.0. The molecule has 0 aromatic heterocycles. The maximum atomic E-state index is 5.10. The zero-order valence-corrected chi connectivity index (χ0v) is 29.1. The van der Waals surface area contributed by atoms with Crippen molar-refractivity contribution in [2.75, 3.05) is 0 Å². The van der Waals surface area contributed by atoms with Gasteiger partial charge in [0.1, 0.15) is 31.8 Å². The summed E-state index contributed by atoms with van der Waals surface area (Å²) in [6.07, 6.45) is 0. The summed E-state index contributed by atoms with van der Waals surface area (Å²) in [5.41, 5.74) is 0. The van der Waals surface area contributed by atoms with Gasteiger partial charge in [0.15, 0.2) is 0 Å². The van der Waals surface area contributed by atoms with Crippen LogP contribution in [0.2, 0.25) is 0 Å². The molecule has 0 nitrogen and oxygen atoms in total. The van der Waals surface area contributed by atoms with Gasteiger partial charge in [-0.05, 0) is 72.8 Å². The Labute approximate surface area is 286 Å². The van der Waals surface area contributed by atoms with E-state index in [0.29, 0.717) is 0 Å². The molecule has 0 atom stereocenters. The van der Waals surface area contributed by atoms with Crippen LogP contribution >= 0.6 is 50.6 Å². The van der Waals surface area contributed by atoms with Gasteiger partial charge in [-0.1, -0.05) is 109 Å². The molecular weight excluding hydrogens is 683 g/mol. The number of rotatable bonds is 6. The third-order valence-corrected chi connectivity index (χ3v) is 13.1. The van der Waals surface area contributed by atoms with Crippen molar-refractivity contribution < 1.29 is 15.0 Å². The van der Waals surface area contributed by atoms with Crippen molar-refractivity contribution in [1.82, 2.24) is 0 Å². The van der Waals surface area contributed by atoms with Crippen molar-refractivity contribution in [3.8, 4) is 0 Å². The molecule has 0 bridgehead atoms. The van der Waals surface area contributed by atoms with E-state index in [1.807, 2.05) is 0 Å². The smallest absolute Gasteiger partial charge is 0.0620 e. The molecule has 0 saturated carbocycles. The van der Waals surface area contributed by atoms with Gasteiger partial charge in [-0.25, -0.2) is 0 Å². The van der Waals surface area contributed by atoms with Crippen LogP contribution in [-0.4, -0.2) is 8.79 Å². The molecular formula is C38H33Cl3NiP2+2. The van der Waals surface area contributed by atoms with Crippen LogP contribution in [0.15, 0.2) is 182 Å². The van der Waals surface area contributed by atoms with E-state index in [9.17, 15) is 0 Å². The van der Waals surface area contributed by atoms with Gasteiger partial charge in [-0.2, -0.15) is 0 Å². The zero-order valence-electron chi connectivity index (χ0n) is 23.8. The Hall–Kier alpha value is -2.59. The second-order valence-electron chi connectivity index (χ2n) is 9.58. The van der Waals surface area contributed by atoms with Crippen LogP contribution in [0.5, 0.6) is 0 Å². The molecule has 6 aromatic rings. The summed E-state index contributed by atoms with van der Waals surface area (Å²) in [7, 11) is -1.75.